The molecule has 1 aromatic heterocycles. The Labute approximate surface area is 68.5 Å². The Kier molecular flexibility index (Phi) is 2.31. The third-order valence-corrected chi connectivity index (χ3v) is 1.40. The summed E-state index contributed by atoms with van der Waals surface area (Å²) < 4.78 is 0. The van der Waals surface area contributed by atoms with Gasteiger partial charge in [0.25, 0.3) is 0 Å². The second kappa shape index (κ2) is 3.23. The molecule has 0 aromatic carbocycles. The van der Waals surface area contributed by atoms with Gasteiger partial charge in [-0.15, -0.1) is 0 Å². The molecule has 56 valence electrons. The molecule has 0 N–H and O–H groups in total. The summed E-state index contributed by atoms with van der Waals surface area (Å²) in [5.41, 5.74) is 9.24. The molecule has 1 rings (SSSR count). The number of halogens is 1. The zero-order chi connectivity index (χ0) is 8.27. The summed E-state index contributed by atoms with van der Waals surface area (Å²) in [5.74, 6) is 0. The molecular weight excluding hydrogens is 164 g/mol. The standard InChI is InChI=1S/C6H5ClN4/c1-4-2-3-5(10-11-8)6(7)9-4/h2-3H,1H3. The van der Waals surface area contributed by atoms with E-state index in [4.69, 9.17) is 17.1 Å². The van der Waals surface area contributed by atoms with Crippen molar-refractivity contribution in [3.05, 3.63) is 33.4 Å². The van der Waals surface area contributed by atoms with E-state index in [1.54, 1.807) is 12.1 Å². The van der Waals surface area contributed by atoms with E-state index in [1.807, 2.05) is 6.92 Å². The lowest BCUT2D eigenvalue weighted by atomic mass is 10.3. The van der Waals surface area contributed by atoms with Gasteiger partial charge in [0.15, 0.2) is 0 Å². The van der Waals surface area contributed by atoms with E-state index >= 15 is 0 Å². The molecule has 0 aliphatic heterocycles. The molecule has 1 heterocycles. The summed E-state index contributed by atoms with van der Waals surface area (Å²) in [5, 5.41) is 3.57. The van der Waals surface area contributed by atoms with E-state index in [9.17, 15) is 0 Å². The first-order valence-electron chi connectivity index (χ1n) is 2.92. The van der Waals surface area contributed by atoms with E-state index < -0.39 is 0 Å². The quantitative estimate of drug-likeness (QED) is 0.275. The van der Waals surface area contributed by atoms with Crippen LogP contribution in [0.25, 0.3) is 10.4 Å². The van der Waals surface area contributed by atoms with Gasteiger partial charge in [-0.2, -0.15) is 0 Å². The topological polar surface area (TPSA) is 61.7 Å². The van der Waals surface area contributed by atoms with Crippen LogP contribution < -0.4 is 0 Å². The van der Waals surface area contributed by atoms with Crippen molar-refractivity contribution in [3.63, 3.8) is 0 Å². The molecule has 0 aliphatic rings. The lowest BCUT2D eigenvalue weighted by Gasteiger charge is -1.95. The van der Waals surface area contributed by atoms with Crippen molar-refractivity contribution in [1.29, 1.82) is 0 Å². The molecule has 0 unspecified atom stereocenters. The maximum Gasteiger partial charge on any atom is 0.138 e. The van der Waals surface area contributed by atoms with E-state index in [-0.39, 0.29) is 5.15 Å². The van der Waals surface area contributed by atoms with Crippen LogP contribution in [-0.2, 0) is 0 Å². The molecule has 0 atom stereocenters. The maximum atomic E-state index is 8.09. The average molecular weight is 169 g/mol. The molecule has 11 heavy (non-hydrogen) atoms. The number of aryl methyl sites for hydroxylation is 1. The Balaban J connectivity index is 3.19. The predicted octanol–water partition coefficient (Wildman–Crippen LogP) is 2.99. The van der Waals surface area contributed by atoms with E-state index in [2.05, 4.69) is 15.0 Å². The molecule has 1 aromatic rings. The SMILES string of the molecule is Cc1ccc(N=[N+]=[N-])c(Cl)n1. The Morgan fingerprint density at radius 2 is 2.36 bits per heavy atom. The van der Waals surface area contributed by atoms with Gasteiger partial charge in [-0.05, 0) is 24.6 Å². The van der Waals surface area contributed by atoms with Gasteiger partial charge in [0.05, 0.1) is 5.69 Å². The normalized spacial score (nSPS) is 8.91. The van der Waals surface area contributed by atoms with Crippen molar-refractivity contribution in [2.24, 2.45) is 5.11 Å². The van der Waals surface area contributed by atoms with Gasteiger partial charge >= 0.3 is 0 Å². The Morgan fingerprint density at radius 1 is 1.64 bits per heavy atom. The van der Waals surface area contributed by atoms with E-state index in [0.717, 1.165) is 5.69 Å². The zero-order valence-corrected chi connectivity index (χ0v) is 6.58. The summed E-state index contributed by atoms with van der Waals surface area (Å²) in [6.07, 6.45) is 0. The van der Waals surface area contributed by atoms with Crippen molar-refractivity contribution in [1.82, 2.24) is 4.98 Å². The van der Waals surface area contributed by atoms with Gasteiger partial charge in [0.1, 0.15) is 5.15 Å². The van der Waals surface area contributed by atoms with Crippen LogP contribution >= 0.6 is 11.6 Å². The Morgan fingerprint density at radius 3 is 2.91 bits per heavy atom. The third kappa shape index (κ3) is 1.83. The fourth-order valence-corrected chi connectivity index (χ4v) is 0.875. The first-order chi connectivity index (χ1) is 5.24. The molecule has 0 bridgehead atoms. The van der Waals surface area contributed by atoms with Crippen LogP contribution in [0.4, 0.5) is 5.69 Å². The maximum absolute atomic E-state index is 8.09. The largest absolute Gasteiger partial charge is 0.241 e. The van der Waals surface area contributed by atoms with Crippen molar-refractivity contribution in [2.45, 2.75) is 6.92 Å². The highest BCUT2D eigenvalue weighted by molar-refractivity contribution is 6.31. The minimum Gasteiger partial charge on any atom is -0.241 e. The number of nitrogens with zero attached hydrogens (tertiary/aromatic N) is 4. The van der Waals surface area contributed by atoms with E-state index in [0.29, 0.717) is 5.69 Å². The Hall–Kier alpha value is -1.25. The number of pyridine rings is 1. The lowest BCUT2D eigenvalue weighted by molar-refractivity contribution is 1.19. The summed E-state index contributed by atoms with van der Waals surface area (Å²) in [7, 11) is 0. The van der Waals surface area contributed by atoms with Gasteiger partial charge in [0.2, 0.25) is 0 Å². The monoisotopic (exact) mass is 168 g/mol. The highest BCUT2D eigenvalue weighted by atomic mass is 35.5. The van der Waals surface area contributed by atoms with Gasteiger partial charge < -0.3 is 0 Å². The van der Waals surface area contributed by atoms with Gasteiger partial charge in [-0.25, -0.2) is 4.98 Å². The van der Waals surface area contributed by atoms with Crippen molar-refractivity contribution in [2.75, 3.05) is 0 Å². The van der Waals surface area contributed by atoms with Crippen LogP contribution in [0.15, 0.2) is 17.2 Å². The van der Waals surface area contributed by atoms with Crippen LogP contribution in [0.1, 0.15) is 5.69 Å². The fourth-order valence-electron chi connectivity index (χ4n) is 0.640. The summed E-state index contributed by atoms with van der Waals surface area (Å²) in [6.45, 7) is 1.81. The molecule has 5 heteroatoms. The summed E-state index contributed by atoms with van der Waals surface area (Å²) >= 11 is 5.63. The van der Waals surface area contributed by atoms with Crippen molar-refractivity contribution < 1.29 is 0 Å². The van der Waals surface area contributed by atoms with Crippen LogP contribution in [-0.4, -0.2) is 4.98 Å². The van der Waals surface area contributed by atoms with Gasteiger partial charge in [0, 0.05) is 10.6 Å². The van der Waals surface area contributed by atoms with Gasteiger partial charge in [-0.3, -0.25) is 0 Å². The molecule has 4 nitrogen and oxygen atoms in total. The molecule has 0 saturated heterocycles. The van der Waals surface area contributed by atoms with Crippen LogP contribution in [0.2, 0.25) is 5.15 Å². The molecule has 0 spiro atoms. The van der Waals surface area contributed by atoms with Crippen molar-refractivity contribution >= 4 is 17.3 Å². The number of aromatic nitrogens is 1. The second-order valence-electron chi connectivity index (χ2n) is 1.95. The molecule has 0 saturated carbocycles. The zero-order valence-electron chi connectivity index (χ0n) is 5.82. The highest BCUT2D eigenvalue weighted by Gasteiger charge is 1.97. The lowest BCUT2D eigenvalue weighted by Crippen LogP contribution is -1.79. The molecule has 0 fully saturated rings. The second-order valence-corrected chi connectivity index (χ2v) is 2.31. The molecular formula is C6H5ClN4. The Bertz CT molecular complexity index is 316. The van der Waals surface area contributed by atoms with E-state index in [1.165, 1.54) is 0 Å². The minimum atomic E-state index is 0.239. The van der Waals surface area contributed by atoms with Crippen molar-refractivity contribution in [3.8, 4) is 0 Å². The number of hydrogen-bond acceptors (Lipinski definition) is 2. The van der Waals surface area contributed by atoms with Crippen LogP contribution in [0.5, 0.6) is 0 Å². The van der Waals surface area contributed by atoms with Crippen LogP contribution in [0.3, 0.4) is 0 Å². The third-order valence-electron chi connectivity index (χ3n) is 1.12. The first-order valence-corrected chi connectivity index (χ1v) is 3.30. The fraction of sp³-hybridized carbons (Fsp3) is 0.167. The average Bonchev–Trinajstić information content (AvgIpc) is 1.95. The van der Waals surface area contributed by atoms with Crippen LogP contribution in [0, 0.1) is 6.92 Å². The minimum absolute atomic E-state index is 0.239. The number of azide groups is 1. The molecule has 0 amide bonds. The predicted molar refractivity (Wildman–Crippen MR) is 42.8 cm³/mol. The summed E-state index contributed by atoms with van der Waals surface area (Å²) in [4.78, 5) is 6.49. The highest BCUT2D eigenvalue weighted by Crippen LogP contribution is 2.22. The number of rotatable bonds is 1. The molecule has 0 radical (unpaired) electrons. The number of hydrogen-bond donors (Lipinski definition) is 0. The smallest absolute Gasteiger partial charge is 0.138 e. The summed E-state index contributed by atoms with van der Waals surface area (Å²) in [6, 6.07) is 3.36. The van der Waals surface area contributed by atoms with Gasteiger partial charge in [-0.1, -0.05) is 16.7 Å². The molecule has 0 aliphatic carbocycles. The first kappa shape index (κ1) is 7.85.